The summed E-state index contributed by atoms with van der Waals surface area (Å²) < 4.78 is 2.12. The summed E-state index contributed by atoms with van der Waals surface area (Å²) in [7, 11) is 1.84. The van der Waals surface area contributed by atoms with Crippen LogP contribution in [0.2, 0.25) is 0 Å². The van der Waals surface area contributed by atoms with E-state index in [0.717, 1.165) is 49.2 Å². The van der Waals surface area contributed by atoms with Gasteiger partial charge in [-0.2, -0.15) is 0 Å². The van der Waals surface area contributed by atoms with Crippen LogP contribution in [-0.2, 0) is 6.54 Å². The number of hydrogen-bond acceptors (Lipinski definition) is 5. The first-order valence-corrected chi connectivity index (χ1v) is 7.66. The lowest BCUT2D eigenvalue weighted by atomic mass is 9.83. The van der Waals surface area contributed by atoms with Crippen molar-refractivity contribution in [3.05, 3.63) is 12.7 Å². The maximum Gasteiger partial charge on any atom is 0.165 e. The Balaban J connectivity index is 1.80. The number of nitrogens with one attached hydrogen (secondary N) is 1. The van der Waals surface area contributed by atoms with Crippen LogP contribution in [0.3, 0.4) is 0 Å². The maximum atomic E-state index is 9.65. The predicted octanol–water partition coefficient (Wildman–Crippen LogP) is 2.06. The van der Waals surface area contributed by atoms with E-state index in [9.17, 15) is 5.11 Å². The molecule has 1 aliphatic carbocycles. The molecule has 2 N–H and O–H groups in total. The fourth-order valence-corrected chi connectivity index (χ4v) is 3.53. The number of rotatable bonds is 5. The molecule has 1 saturated carbocycles. The van der Waals surface area contributed by atoms with Crippen molar-refractivity contribution in [2.75, 3.05) is 19.0 Å². The Labute approximate surface area is 124 Å². The highest BCUT2D eigenvalue weighted by Crippen LogP contribution is 2.44. The summed E-state index contributed by atoms with van der Waals surface area (Å²) in [5.41, 5.74) is 1.83. The molecule has 2 aromatic heterocycles. The lowest BCUT2D eigenvalue weighted by Crippen LogP contribution is -2.21. The topological polar surface area (TPSA) is 75.9 Å². The molecule has 1 aliphatic rings. The van der Waals surface area contributed by atoms with Gasteiger partial charge in [0.15, 0.2) is 11.5 Å². The van der Waals surface area contributed by atoms with Crippen molar-refractivity contribution in [1.29, 1.82) is 0 Å². The number of imidazole rings is 1. The fraction of sp³-hybridized carbons (Fsp3) is 0.667. The van der Waals surface area contributed by atoms with E-state index >= 15 is 0 Å². The summed E-state index contributed by atoms with van der Waals surface area (Å²) in [5, 5.41) is 12.7. The second kappa shape index (κ2) is 5.60. The molecule has 6 nitrogen and oxygen atoms in total. The van der Waals surface area contributed by atoms with Crippen molar-refractivity contribution in [1.82, 2.24) is 19.5 Å². The Morgan fingerprint density at radius 1 is 1.43 bits per heavy atom. The van der Waals surface area contributed by atoms with E-state index < -0.39 is 0 Å². The highest BCUT2D eigenvalue weighted by molar-refractivity contribution is 5.82. The van der Waals surface area contributed by atoms with Gasteiger partial charge in [0.2, 0.25) is 0 Å². The molecule has 0 aromatic carbocycles. The second-order valence-electron chi connectivity index (χ2n) is 6.16. The number of hydrogen-bond donors (Lipinski definition) is 2. The Bertz CT molecular complexity index is 620. The van der Waals surface area contributed by atoms with Crippen LogP contribution in [0.15, 0.2) is 12.7 Å². The lowest BCUT2D eigenvalue weighted by Gasteiger charge is -2.25. The third-order valence-corrected chi connectivity index (χ3v) is 4.98. The molecule has 2 heterocycles. The van der Waals surface area contributed by atoms with Crippen LogP contribution in [-0.4, -0.2) is 38.3 Å². The van der Waals surface area contributed by atoms with Crippen LogP contribution in [0.25, 0.3) is 11.2 Å². The largest absolute Gasteiger partial charge is 0.396 e. The van der Waals surface area contributed by atoms with Crippen molar-refractivity contribution in [2.24, 2.45) is 11.3 Å². The van der Waals surface area contributed by atoms with Crippen molar-refractivity contribution >= 4 is 17.0 Å². The van der Waals surface area contributed by atoms with Crippen molar-refractivity contribution < 1.29 is 5.11 Å². The van der Waals surface area contributed by atoms with Gasteiger partial charge in [0.25, 0.3) is 0 Å². The average Bonchev–Trinajstić information content (AvgIpc) is 3.13. The zero-order chi connectivity index (χ0) is 14.9. The average molecular weight is 289 g/mol. The molecule has 0 spiro atoms. The summed E-state index contributed by atoms with van der Waals surface area (Å²) in [4.78, 5) is 13.0. The van der Waals surface area contributed by atoms with Crippen LogP contribution in [0.4, 0.5) is 5.82 Å². The lowest BCUT2D eigenvalue weighted by molar-refractivity contribution is 0.120. The molecule has 0 bridgehead atoms. The number of anilines is 1. The van der Waals surface area contributed by atoms with Gasteiger partial charge < -0.3 is 15.0 Å². The van der Waals surface area contributed by atoms with Crippen molar-refractivity contribution in [3.63, 3.8) is 0 Å². The molecule has 0 aliphatic heterocycles. The first-order chi connectivity index (χ1) is 10.2. The Morgan fingerprint density at radius 3 is 2.95 bits per heavy atom. The number of fused-ring (bicyclic) bond motifs is 1. The van der Waals surface area contributed by atoms with Gasteiger partial charge in [-0.15, -0.1) is 0 Å². The Hall–Kier alpha value is -1.69. The molecule has 0 unspecified atom stereocenters. The Morgan fingerprint density at radius 2 is 2.29 bits per heavy atom. The van der Waals surface area contributed by atoms with Gasteiger partial charge in [-0.3, -0.25) is 0 Å². The molecule has 0 radical (unpaired) electrons. The molecular formula is C15H23N5O. The van der Waals surface area contributed by atoms with E-state index in [4.69, 9.17) is 0 Å². The molecule has 6 heteroatoms. The van der Waals surface area contributed by atoms with Crippen LogP contribution < -0.4 is 5.32 Å². The van der Waals surface area contributed by atoms with Gasteiger partial charge in [0.05, 0.1) is 6.33 Å². The first kappa shape index (κ1) is 14.3. The van der Waals surface area contributed by atoms with E-state index in [1.807, 2.05) is 13.4 Å². The van der Waals surface area contributed by atoms with E-state index in [-0.39, 0.29) is 5.41 Å². The summed E-state index contributed by atoms with van der Waals surface area (Å²) in [6, 6.07) is 0. The Kier molecular flexibility index (Phi) is 3.80. The van der Waals surface area contributed by atoms with E-state index in [1.54, 1.807) is 6.33 Å². The smallest absolute Gasteiger partial charge is 0.165 e. The molecule has 0 amide bonds. The van der Waals surface area contributed by atoms with Gasteiger partial charge in [0.1, 0.15) is 11.8 Å². The van der Waals surface area contributed by atoms with E-state index in [0.29, 0.717) is 12.5 Å². The van der Waals surface area contributed by atoms with Gasteiger partial charge in [-0.25, -0.2) is 15.0 Å². The molecule has 21 heavy (non-hydrogen) atoms. The van der Waals surface area contributed by atoms with Gasteiger partial charge in [-0.1, -0.05) is 6.92 Å². The van der Waals surface area contributed by atoms with Crippen molar-refractivity contribution in [2.45, 2.75) is 39.2 Å². The first-order valence-electron chi connectivity index (χ1n) is 7.66. The predicted molar refractivity (Wildman–Crippen MR) is 82.0 cm³/mol. The third-order valence-electron chi connectivity index (χ3n) is 4.98. The second-order valence-corrected chi connectivity index (χ2v) is 6.16. The standard InChI is InChI=1S/C15H23N5O/c1-3-15(8-21)5-4-11(6-15)7-20-10-19-12-13(16-2)17-9-18-14(12)20/h9-11,21H,3-8H2,1-2H3,(H,16,17,18)/t11-,15+/m0/s1. The monoisotopic (exact) mass is 289 g/mol. The molecule has 2 atom stereocenters. The van der Waals surface area contributed by atoms with Gasteiger partial charge in [0, 0.05) is 20.2 Å². The minimum absolute atomic E-state index is 0.131. The summed E-state index contributed by atoms with van der Waals surface area (Å²) >= 11 is 0. The van der Waals surface area contributed by atoms with Gasteiger partial charge >= 0.3 is 0 Å². The van der Waals surface area contributed by atoms with E-state index in [1.165, 1.54) is 0 Å². The summed E-state index contributed by atoms with van der Waals surface area (Å²) in [6.45, 7) is 3.40. The normalized spacial score (nSPS) is 25.6. The number of aromatic nitrogens is 4. The molecule has 3 rings (SSSR count). The zero-order valence-corrected chi connectivity index (χ0v) is 12.7. The number of nitrogens with zero attached hydrogens (tertiary/aromatic N) is 4. The highest BCUT2D eigenvalue weighted by atomic mass is 16.3. The van der Waals surface area contributed by atoms with Crippen LogP contribution in [0, 0.1) is 11.3 Å². The molecule has 0 saturated heterocycles. The number of aliphatic hydroxyl groups excluding tert-OH is 1. The van der Waals surface area contributed by atoms with Crippen LogP contribution in [0.1, 0.15) is 32.6 Å². The highest BCUT2D eigenvalue weighted by Gasteiger charge is 2.37. The molecule has 1 fully saturated rings. The maximum absolute atomic E-state index is 9.65. The zero-order valence-electron chi connectivity index (χ0n) is 12.7. The fourth-order valence-electron chi connectivity index (χ4n) is 3.53. The number of aliphatic hydroxyl groups is 1. The minimum atomic E-state index is 0.131. The quantitative estimate of drug-likeness (QED) is 0.881. The molecular weight excluding hydrogens is 266 g/mol. The molecule has 2 aromatic rings. The third kappa shape index (κ3) is 2.48. The van der Waals surface area contributed by atoms with Crippen LogP contribution >= 0.6 is 0 Å². The van der Waals surface area contributed by atoms with Crippen molar-refractivity contribution in [3.8, 4) is 0 Å². The van der Waals surface area contributed by atoms with Gasteiger partial charge in [-0.05, 0) is 37.0 Å². The minimum Gasteiger partial charge on any atom is -0.396 e. The van der Waals surface area contributed by atoms with E-state index in [2.05, 4.69) is 31.8 Å². The summed E-state index contributed by atoms with van der Waals surface area (Å²) in [6.07, 6.45) is 7.85. The SMILES string of the molecule is CC[C@@]1(CO)CC[C@H](Cn2cnc3c(NC)ncnc32)C1. The van der Waals surface area contributed by atoms with Crippen LogP contribution in [0.5, 0.6) is 0 Å². The molecule has 114 valence electrons. The summed E-state index contributed by atoms with van der Waals surface area (Å²) in [5.74, 6) is 1.35.